The monoisotopic (exact) mass is 380 g/mol. The second-order valence-corrected chi connectivity index (χ2v) is 6.51. The summed E-state index contributed by atoms with van der Waals surface area (Å²) < 4.78 is 1.55. The third-order valence-electron chi connectivity index (χ3n) is 4.58. The maximum Gasteiger partial charge on any atom is 0.265 e. The molecule has 0 radical (unpaired) electrons. The lowest BCUT2D eigenvalue weighted by atomic mass is 10.1. The highest BCUT2D eigenvalue weighted by Crippen LogP contribution is 2.16. The number of amides is 1. The fraction of sp³-hybridized carbons (Fsp3) is 0.0435. The number of para-hydroxylation sites is 1. The number of hydrogen-bond donors (Lipinski definition) is 1. The van der Waals surface area contributed by atoms with E-state index in [1.54, 1.807) is 60.0 Å². The van der Waals surface area contributed by atoms with E-state index >= 15 is 0 Å². The molecule has 0 aliphatic heterocycles. The summed E-state index contributed by atoms with van der Waals surface area (Å²) in [5, 5.41) is 12.3. The van der Waals surface area contributed by atoms with Crippen molar-refractivity contribution in [1.29, 1.82) is 5.26 Å². The lowest BCUT2D eigenvalue weighted by Gasteiger charge is -2.12. The van der Waals surface area contributed by atoms with Gasteiger partial charge < -0.3 is 5.32 Å². The molecule has 0 saturated heterocycles. The molecule has 3 aromatic carbocycles. The van der Waals surface area contributed by atoms with Crippen LogP contribution in [-0.2, 0) is 0 Å². The molecular formula is C23H16N4O2. The fourth-order valence-corrected chi connectivity index (χ4v) is 3.17. The Labute approximate surface area is 166 Å². The van der Waals surface area contributed by atoms with Gasteiger partial charge in [0.15, 0.2) is 0 Å². The number of carbonyl (C=O) groups excluding carboxylic acids is 1. The van der Waals surface area contributed by atoms with Crippen LogP contribution < -0.4 is 10.9 Å². The van der Waals surface area contributed by atoms with E-state index in [1.165, 1.54) is 6.07 Å². The molecule has 4 rings (SSSR count). The normalized spacial score (nSPS) is 10.5. The lowest BCUT2D eigenvalue weighted by Crippen LogP contribution is -2.22. The summed E-state index contributed by atoms with van der Waals surface area (Å²) in [6.07, 6.45) is 0. The zero-order valence-electron chi connectivity index (χ0n) is 15.6. The third kappa shape index (κ3) is 3.49. The standard InChI is InChI=1S/C23H16N4O2/c1-15-25-21-8-3-2-7-20(21)23(29)27(15)19-11-9-18(10-12-19)26-22(28)17-6-4-5-16(13-17)14-24/h2-13H,1H3,(H,26,28). The summed E-state index contributed by atoms with van der Waals surface area (Å²) in [6.45, 7) is 1.78. The number of aryl methyl sites for hydroxylation is 1. The molecule has 1 amide bonds. The number of anilines is 1. The Kier molecular flexibility index (Phi) is 4.63. The van der Waals surface area contributed by atoms with Crippen molar-refractivity contribution in [2.45, 2.75) is 6.92 Å². The van der Waals surface area contributed by atoms with Crippen LogP contribution in [0, 0.1) is 18.3 Å². The minimum Gasteiger partial charge on any atom is -0.322 e. The number of hydrogen-bond acceptors (Lipinski definition) is 4. The summed E-state index contributed by atoms with van der Waals surface area (Å²) in [4.78, 5) is 29.8. The van der Waals surface area contributed by atoms with E-state index in [0.717, 1.165) is 0 Å². The zero-order valence-corrected chi connectivity index (χ0v) is 15.6. The van der Waals surface area contributed by atoms with Crippen molar-refractivity contribution in [2.75, 3.05) is 5.32 Å². The average molecular weight is 380 g/mol. The third-order valence-corrected chi connectivity index (χ3v) is 4.58. The highest BCUT2D eigenvalue weighted by molar-refractivity contribution is 6.04. The van der Waals surface area contributed by atoms with E-state index in [0.29, 0.717) is 39.2 Å². The number of carbonyl (C=O) groups is 1. The van der Waals surface area contributed by atoms with Gasteiger partial charge in [-0.3, -0.25) is 14.2 Å². The van der Waals surface area contributed by atoms with Gasteiger partial charge in [-0.25, -0.2) is 4.98 Å². The molecule has 1 N–H and O–H groups in total. The minimum absolute atomic E-state index is 0.141. The number of nitrogens with zero attached hydrogens (tertiary/aromatic N) is 3. The smallest absolute Gasteiger partial charge is 0.265 e. The highest BCUT2D eigenvalue weighted by Gasteiger charge is 2.11. The SMILES string of the molecule is Cc1nc2ccccc2c(=O)n1-c1ccc(NC(=O)c2cccc(C#N)c2)cc1. The first-order valence-corrected chi connectivity index (χ1v) is 8.97. The van der Waals surface area contributed by atoms with Crippen LogP contribution in [-0.4, -0.2) is 15.5 Å². The summed E-state index contributed by atoms with van der Waals surface area (Å²) in [7, 11) is 0. The van der Waals surface area contributed by atoms with Gasteiger partial charge in [0.2, 0.25) is 0 Å². The number of fused-ring (bicyclic) bond motifs is 1. The largest absolute Gasteiger partial charge is 0.322 e. The first-order chi connectivity index (χ1) is 14.1. The van der Waals surface area contributed by atoms with Crippen LogP contribution in [0.5, 0.6) is 0 Å². The number of benzene rings is 3. The van der Waals surface area contributed by atoms with Gasteiger partial charge >= 0.3 is 0 Å². The summed E-state index contributed by atoms with van der Waals surface area (Å²) >= 11 is 0. The molecule has 29 heavy (non-hydrogen) atoms. The van der Waals surface area contributed by atoms with Crippen molar-refractivity contribution in [3.63, 3.8) is 0 Å². The topological polar surface area (TPSA) is 87.8 Å². The Morgan fingerprint density at radius 1 is 1.03 bits per heavy atom. The summed E-state index contributed by atoms with van der Waals surface area (Å²) in [6, 6.07) is 22.7. The molecule has 1 aromatic heterocycles. The Hall–Kier alpha value is -4.24. The van der Waals surface area contributed by atoms with Crippen molar-refractivity contribution in [3.05, 3.63) is 100 Å². The Morgan fingerprint density at radius 3 is 2.55 bits per heavy atom. The van der Waals surface area contributed by atoms with Crippen LogP contribution in [0.3, 0.4) is 0 Å². The molecule has 1 heterocycles. The van der Waals surface area contributed by atoms with E-state index in [2.05, 4.69) is 10.3 Å². The number of aromatic nitrogens is 2. The molecule has 0 aliphatic carbocycles. The predicted octanol–water partition coefficient (Wildman–Crippen LogP) is 3.82. The van der Waals surface area contributed by atoms with Crippen LogP contribution in [0.25, 0.3) is 16.6 Å². The molecule has 0 saturated carbocycles. The molecule has 0 bridgehead atoms. The van der Waals surface area contributed by atoms with Gasteiger partial charge in [-0.15, -0.1) is 0 Å². The van der Waals surface area contributed by atoms with Gasteiger partial charge in [-0.2, -0.15) is 5.26 Å². The maximum absolute atomic E-state index is 12.9. The molecular weight excluding hydrogens is 364 g/mol. The summed E-state index contributed by atoms with van der Waals surface area (Å²) in [5.74, 6) is 0.273. The number of rotatable bonds is 3. The maximum atomic E-state index is 12.9. The van der Waals surface area contributed by atoms with E-state index < -0.39 is 0 Å². The van der Waals surface area contributed by atoms with E-state index in [9.17, 15) is 9.59 Å². The van der Waals surface area contributed by atoms with Gasteiger partial charge in [0, 0.05) is 11.3 Å². The van der Waals surface area contributed by atoms with Gasteiger partial charge in [0.25, 0.3) is 11.5 Å². The highest BCUT2D eigenvalue weighted by atomic mass is 16.1. The Balaban J connectivity index is 1.63. The summed E-state index contributed by atoms with van der Waals surface area (Å²) in [5.41, 5.74) is 2.59. The first kappa shape index (κ1) is 18.1. The quantitative estimate of drug-likeness (QED) is 0.585. The first-order valence-electron chi connectivity index (χ1n) is 8.97. The second kappa shape index (κ2) is 7.41. The molecule has 6 nitrogen and oxygen atoms in total. The van der Waals surface area contributed by atoms with E-state index in [4.69, 9.17) is 5.26 Å². The second-order valence-electron chi connectivity index (χ2n) is 6.51. The molecule has 0 unspecified atom stereocenters. The van der Waals surface area contributed by atoms with Crippen LogP contribution in [0.2, 0.25) is 0 Å². The molecule has 4 aromatic rings. The molecule has 6 heteroatoms. The van der Waals surface area contributed by atoms with Crippen LogP contribution in [0.15, 0.2) is 77.6 Å². The predicted molar refractivity (Wildman–Crippen MR) is 111 cm³/mol. The fourth-order valence-electron chi connectivity index (χ4n) is 3.17. The lowest BCUT2D eigenvalue weighted by molar-refractivity contribution is 0.102. The molecule has 0 aliphatic rings. The number of nitriles is 1. The Morgan fingerprint density at radius 2 is 1.79 bits per heavy atom. The molecule has 0 atom stereocenters. The zero-order chi connectivity index (χ0) is 20.4. The van der Waals surface area contributed by atoms with Gasteiger partial charge in [-0.1, -0.05) is 18.2 Å². The number of nitrogens with one attached hydrogen (secondary N) is 1. The molecule has 0 spiro atoms. The van der Waals surface area contributed by atoms with Crippen molar-refractivity contribution in [2.24, 2.45) is 0 Å². The molecule has 0 fully saturated rings. The van der Waals surface area contributed by atoms with E-state index in [1.807, 2.05) is 24.3 Å². The Bertz CT molecular complexity index is 1330. The van der Waals surface area contributed by atoms with Crippen LogP contribution in [0.4, 0.5) is 5.69 Å². The van der Waals surface area contributed by atoms with Crippen LogP contribution in [0.1, 0.15) is 21.7 Å². The van der Waals surface area contributed by atoms with Gasteiger partial charge in [0.1, 0.15) is 5.82 Å². The van der Waals surface area contributed by atoms with Gasteiger partial charge in [0.05, 0.1) is 28.2 Å². The van der Waals surface area contributed by atoms with Crippen molar-refractivity contribution >= 4 is 22.5 Å². The average Bonchev–Trinajstić information content (AvgIpc) is 2.75. The van der Waals surface area contributed by atoms with Crippen molar-refractivity contribution in [3.8, 4) is 11.8 Å². The van der Waals surface area contributed by atoms with Crippen molar-refractivity contribution in [1.82, 2.24) is 9.55 Å². The van der Waals surface area contributed by atoms with Crippen molar-refractivity contribution < 1.29 is 4.79 Å². The molecule has 140 valence electrons. The van der Waals surface area contributed by atoms with Gasteiger partial charge in [-0.05, 0) is 61.5 Å². The van der Waals surface area contributed by atoms with E-state index in [-0.39, 0.29) is 11.5 Å². The van der Waals surface area contributed by atoms with Crippen LogP contribution >= 0.6 is 0 Å². The minimum atomic E-state index is -0.310.